The number of alkyl halides is 2. The quantitative estimate of drug-likeness (QED) is 0.315. The van der Waals surface area contributed by atoms with Gasteiger partial charge in [-0.2, -0.15) is 0 Å². The van der Waals surface area contributed by atoms with E-state index in [1.54, 1.807) is 0 Å². The number of rotatable bonds is 10. The van der Waals surface area contributed by atoms with Gasteiger partial charge in [0.2, 0.25) is 6.43 Å². The minimum absolute atomic E-state index is 0. The summed E-state index contributed by atoms with van der Waals surface area (Å²) in [6.45, 7) is 0. The molecule has 0 aliphatic rings. The molecule has 98 valence electrons. The molecule has 0 aliphatic carbocycles. The first-order chi connectivity index (χ1) is 7.42. The smallest absolute Gasteiger partial charge is 0.748 e. The monoisotopic (exact) mass is 264 g/mol. The molecule has 0 N–H and O–H groups in total. The van der Waals surface area contributed by atoms with E-state index in [1.165, 1.54) is 0 Å². The number of unbranched alkanes of at least 4 members (excludes halogenated alkanes) is 6. The van der Waals surface area contributed by atoms with Gasteiger partial charge in [-0.25, -0.2) is 17.2 Å². The van der Waals surface area contributed by atoms with Crippen LogP contribution in [0.2, 0.25) is 0 Å². The summed E-state index contributed by atoms with van der Waals surface area (Å²) in [5.41, 5.74) is 0. The van der Waals surface area contributed by atoms with Crippen LogP contribution in [0.1, 0.15) is 51.4 Å². The third kappa shape index (κ3) is 18.9. The zero-order chi connectivity index (χ0) is 12.4. The SMILES string of the molecule is O=S(=O)([O-])CCCCCCCCCC(F)F.[Li+]. The maximum Gasteiger partial charge on any atom is 1.00 e. The normalized spacial score (nSPS) is 11.5. The third-order valence-corrected chi connectivity index (χ3v) is 3.11. The Labute approximate surface area is 114 Å². The molecule has 0 rings (SSSR count). The molecule has 0 aromatic heterocycles. The van der Waals surface area contributed by atoms with E-state index >= 15 is 0 Å². The third-order valence-electron chi connectivity index (χ3n) is 2.32. The van der Waals surface area contributed by atoms with Crippen LogP contribution < -0.4 is 18.9 Å². The molecule has 0 aliphatic heterocycles. The van der Waals surface area contributed by atoms with Crippen LogP contribution in [-0.4, -0.2) is 25.1 Å². The Kier molecular flexibility index (Phi) is 13.3. The Hall–Kier alpha value is 0.367. The molecule has 0 saturated heterocycles. The molecular formula is C10H19F2LiO3S. The van der Waals surface area contributed by atoms with Crippen LogP contribution in [0.15, 0.2) is 0 Å². The fourth-order valence-corrected chi connectivity index (χ4v) is 2.02. The van der Waals surface area contributed by atoms with Gasteiger partial charge >= 0.3 is 18.9 Å². The molecular weight excluding hydrogens is 245 g/mol. The van der Waals surface area contributed by atoms with Gasteiger partial charge in [0.15, 0.2) is 0 Å². The van der Waals surface area contributed by atoms with Crippen LogP contribution in [0.4, 0.5) is 8.78 Å². The van der Waals surface area contributed by atoms with Crippen molar-refractivity contribution in [2.24, 2.45) is 0 Å². The molecule has 7 heteroatoms. The minimum Gasteiger partial charge on any atom is -0.748 e. The Morgan fingerprint density at radius 1 is 0.882 bits per heavy atom. The molecule has 0 aromatic rings. The largest absolute Gasteiger partial charge is 1.00 e. The standard InChI is InChI=1S/C10H20F2O3S.Li/c11-10(12)8-6-4-2-1-3-5-7-9-16(13,14)15;/h10H,1-9H2,(H,13,14,15);/q;+1/p-1. The van der Waals surface area contributed by atoms with Crippen LogP contribution in [0.25, 0.3) is 0 Å². The van der Waals surface area contributed by atoms with Crippen molar-refractivity contribution in [3.05, 3.63) is 0 Å². The molecule has 0 fully saturated rings. The van der Waals surface area contributed by atoms with Gasteiger partial charge < -0.3 is 4.55 Å². The number of halogens is 2. The first kappa shape index (κ1) is 19.7. The molecule has 0 saturated carbocycles. The van der Waals surface area contributed by atoms with Gasteiger partial charge in [-0.1, -0.05) is 32.1 Å². The second-order valence-electron chi connectivity index (χ2n) is 3.92. The van der Waals surface area contributed by atoms with Gasteiger partial charge in [0.25, 0.3) is 0 Å². The fourth-order valence-electron chi connectivity index (χ4n) is 1.46. The van der Waals surface area contributed by atoms with E-state index in [0.29, 0.717) is 12.8 Å². The summed E-state index contributed by atoms with van der Waals surface area (Å²) >= 11 is 0. The first-order valence-corrected chi connectivity index (χ1v) is 7.21. The van der Waals surface area contributed by atoms with Crippen molar-refractivity contribution in [1.82, 2.24) is 0 Å². The predicted molar refractivity (Wildman–Crippen MR) is 57.5 cm³/mol. The molecule has 0 bridgehead atoms. The molecule has 17 heavy (non-hydrogen) atoms. The Bertz CT molecular complexity index is 258. The molecule has 0 aromatic carbocycles. The molecule has 3 nitrogen and oxygen atoms in total. The van der Waals surface area contributed by atoms with Crippen LogP contribution in [0.5, 0.6) is 0 Å². The fraction of sp³-hybridized carbons (Fsp3) is 1.00. The van der Waals surface area contributed by atoms with Crippen molar-refractivity contribution >= 4 is 10.1 Å². The summed E-state index contributed by atoms with van der Waals surface area (Å²) in [4.78, 5) is 0. The number of hydrogen-bond acceptors (Lipinski definition) is 3. The first-order valence-electron chi connectivity index (χ1n) is 5.63. The summed E-state index contributed by atoms with van der Waals surface area (Å²) in [6, 6.07) is 0. The van der Waals surface area contributed by atoms with E-state index in [9.17, 15) is 21.8 Å². The molecule has 0 radical (unpaired) electrons. The second kappa shape index (κ2) is 11.5. The average Bonchev–Trinajstić information content (AvgIpc) is 2.13. The Morgan fingerprint density at radius 3 is 1.71 bits per heavy atom. The minimum atomic E-state index is -4.07. The van der Waals surface area contributed by atoms with Crippen LogP contribution in [0, 0.1) is 0 Å². The van der Waals surface area contributed by atoms with Gasteiger partial charge in [0.1, 0.15) is 0 Å². The summed E-state index contributed by atoms with van der Waals surface area (Å²) in [5, 5.41) is 0. The van der Waals surface area contributed by atoms with E-state index in [2.05, 4.69) is 0 Å². The second-order valence-corrected chi connectivity index (χ2v) is 5.44. The molecule has 0 heterocycles. The summed E-state index contributed by atoms with van der Waals surface area (Å²) in [5.74, 6) is -0.293. The molecule has 0 amide bonds. The van der Waals surface area contributed by atoms with Crippen molar-refractivity contribution < 1.29 is 40.6 Å². The topological polar surface area (TPSA) is 57.2 Å². The van der Waals surface area contributed by atoms with Crippen LogP contribution >= 0.6 is 0 Å². The zero-order valence-electron chi connectivity index (χ0n) is 10.3. The van der Waals surface area contributed by atoms with Crippen molar-refractivity contribution in [3.8, 4) is 0 Å². The van der Waals surface area contributed by atoms with Crippen molar-refractivity contribution in [1.29, 1.82) is 0 Å². The van der Waals surface area contributed by atoms with E-state index in [0.717, 1.165) is 32.1 Å². The maximum atomic E-state index is 11.7. The summed E-state index contributed by atoms with van der Waals surface area (Å²) in [7, 11) is -4.07. The molecule has 0 spiro atoms. The van der Waals surface area contributed by atoms with Gasteiger partial charge in [-0.3, -0.25) is 0 Å². The van der Waals surface area contributed by atoms with E-state index in [-0.39, 0.29) is 31.0 Å². The van der Waals surface area contributed by atoms with E-state index in [1.807, 2.05) is 0 Å². The predicted octanol–water partition coefficient (Wildman–Crippen LogP) is -0.0785. The number of hydrogen-bond donors (Lipinski definition) is 0. The Morgan fingerprint density at radius 2 is 1.29 bits per heavy atom. The van der Waals surface area contributed by atoms with Crippen molar-refractivity contribution in [2.45, 2.75) is 57.8 Å². The van der Waals surface area contributed by atoms with Crippen LogP contribution in [0.3, 0.4) is 0 Å². The van der Waals surface area contributed by atoms with Gasteiger partial charge in [-0.15, -0.1) is 0 Å². The zero-order valence-corrected chi connectivity index (χ0v) is 11.1. The van der Waals surface area contributed by atoms with Crippen molar-refractivity contribution in [2.75, 3.05) is 5.75 Å². The van der Waals surface area contributed by atoms with E-state index < -0.39 is 16.5 Å². The average molecular weight is 264 g/mol. The van der Waals surface area contributed by atoms with Crippen LogP contribution in [-0.2, 0) is 10.1 Å². The van der Waals surface area contributed by atoms with E-state index in [4.69, 9.17) is 0 Å². The molecule has 0 unspecified atom stereocenters. The van der Waals surface area contributed by atoms with Crippen molar-refractivity contribution in [3.63, 3.8) is 0 Å². The maximum absolute atomic E-state index is 11.7. The van der Waals surface area contributed by atoms with Gasteiger partial charge in [0, 0.05) is 12.2 Å². The summed E-state index contributed by atoms with van der Waals surface area (Å²) < 4.78 is 54.2. The van der Waals surface area contributed by atoms with Gasteiger partial charge in [-0.05, 0) is 12.8 Å². The molecule has 0 atom stereocenters. The summed E-state index contributed by atoms with van der Waals surface area (Å²) in [6.07, 6.45) is 2.91. The van der Waals surface area contributed by atoms with Gasteiger partial charge in [0.05, 0.1) is 10.1 Å². The Balaban J connectivity index is 0.